The minimum Gasteiger partial charge on any atom is -0.394 e. The highest BCUT2D eigenvalue weighted by Gasteiger charge is 2.62. The highest BCUT2D eigenvalue weighted by Crippen LogP contribution is 2.41. The zero-order valence-electron chi connectivity index (χ0n) is 61.9. The van der Waals surface area contributed by atoms with Crippen LogP contribution in [0.5, 0.6) is 0 Å². The summed E-state index contributed by atoms with van der Waals surface area (Å²) in [5.41, 5.74) is 0. The quantitative estimate of drug-likeness (QED) is 0.0318. The van der Waals surface area contributed by atoms with Crippen molar-refractivity contribution in [3.8, 4) is 0 Å². The molecule has 0 aromatic carbocycles. The second kappa shape index (κ2) is 41.9. The third kappa shape index (κ3) is 20.7. The van der Waals surface area contributed by atoms with Crippen LogP contribution in [-0.2, 0) is 99.6 Å². The summed E-state index contributed by atoms with van der Waals surface area (Å²) in [6, 6.07) is -3.61. The van der Waals surface area contributed by atoms with E-state index in [1.165, 1.54) is 0 Å². The Morgan fingerprint density at radius 1 is 0.222 bits per heavy atom. The maximum atomic E-state index is 13.0. The smallest absolute Gasteiger partial charge is 0.217 e. The van der Waals surface area contributed by atoms with Crippen molar-refractivity contribution in [2.75, 3.05) is 66.1 Å². The third-order valence-electron chi connectivity index (χ3n) is 21.7. The van der Waals surface area contributed by atoms with Crippen molar-refractivity contribution in [1.29, 1.82) is 0 Å². The number of hydrogen-bond acceptors (Lipinski definition) is 51. The van der Waals surface area contributed by atoms with E-state index in [1.54, 1.807) is 0 Å². The van der Waals surface area contributed by atoms with Gasteiger partial charge in [-0.15, -0.1) is 0 Å². The van der Waals surface area contributed by atoms with Gasteiger partial charge in [-0.3, -0.25) is 9.59 Å². The van der Waals surface area contributed by atoms with Gasteiger partial charge in [-0.25, -0.2) is 0 Å². The zero-order valence-corrected chi connectivity index (χ0v) is 61.9. The lowest BCUT2D eigenvalue weighted by molar-refractivity contribution is -0.406. The van der Waals surface area contributed by atoms with Crippen molar-refractivity contribution >= 4 is 11.8 Å². The van der Waals surface area contributed by atoms with Crippen LogP contribution in [0.2, 0.25) is 0 Å². The first-order valence-electron chi connectivity index (χ1n) is 37.2. The molecule has 0 bridgehead atoms. The fraction of sp³-hybridized carbons (Fsp3) is 0.969. The molecule has 0 aromatic rings. The topological polar surface area (TPSA) is 840 Å². The van der Waals surface area contributed by atoms with Crippen molar-refractivity contribution < 1.29 is 253 Å². The summed E-state index contributed by atoms with van der Waals surface area (Å²) in [5.74, 6) is -1.76. The van der Waals surface area contributed by atoms with Gasteiger partial charge in [0.1, 0.15) is 244 Å². The van der Waals surface area contributed by atoms with Gasteiger partial charge in [0.15, 0.2) is 62.9 Å². The molecule has 50 atom stereocenters. The molecular formula is C64H108N2O51. The molecule has 32 N–H and O–H groups in total. The minimum absolute atomic E-state index is 0.800. The summed E-state index contributed by atoms with van der Waals surface area (Å²) in [7, 11) is 0. The van der Waals surface area contributed by atoms with Crippen LogP contribution < -0.4 is 10.6 Å². The van der Waals surface area contributed by atoms with Crippen molar-refractivity contribution in [1.82, 2.24) is 10.6 Å². The van der Waals surface area contributed by atoms with Gasteiger partial charge in [0, 0.05) is 13.8 Å². The Hall–Kier alpha value is -3.02. The molecule has 0 aromatic heterocycles. The lowest BCUT2D eigenvalue weighted by Gasteiger charge is -2.51. The molecule has 10 heterocycles. The van der Waals surface area contributed by atoms with Crippen LogP contribution in [0.4, 0.5) is 0 Å². The predicted molar refractivity (Wildman–Crippen MR) is 353 cm³/mol. The molecule has 10 fully saturated rings. The molecule has 10 rings (SSSR count). The molecule has 10 saturated heterocycles. The molecular weight excluding hydrogens is 1610 g/mol. The Kier molecular flexibility index (Phi) is 34.4. The number of carbonyl (C=O) groups is 2. The number of rotatable bonds is 30. The molecule has 10 aliphatic heterocycles. The van der Waals surface area contributed by atoms with Crippen molar-refractivity contribution in [2.24, 2.45) is 0 Å². The van der Waals surface area contributed by atoms with Gasteiger partial charge < -0.3 is 254 Å². The first-order chi connectivity index (χ1) is 55.4. The van der Waals surface area contributed by atoms with Gasteiger partial charge in [-0.2, -0.15) is 0 Å². The Morgan fingerprint density at radius 2 is 0.462 bits per heavy atom. The van der Waals surface area contributed by atoms with Crippen LogP contribution in [0, 0.1) is 0 Å². The van der Waals surface area contributed by atoms with Gasteiger partial charge in [0.25, 0.3) is 0 Å². The normalized spacial score (nSPS) is 51.5. The van der Waals surface area contributed by atoms with E-state index in [0.29, 0.717) is 0 Å². The highest BCUT2D eigenvalue weighted by atomic mass is 16.8. The SMILES string of the molecule is CC(=O)N[C@@H]1[C@@H](O)[C@H](O[C@@H]2O[C@H](CO)[C@@H](O[C@@H]3O[C@H](CO[C@H]4O[C@H](CO[C@H]5O[C@H](CO)[C@@H](O)[C@H](O)[C@@H]5O)[C@@H](O)[C@H](O[C@H]5O[C@H](CO)[C@@H](O)[C@H](O)[C@@H]5O[C@H]5O[C@H](CO)[C@@H](O)[C@H](O)[C@@H]5O[C@H]5O[C@H](CO)[C@@H](O)[C@H](O)[C@@H]5O)[C@@H]4O)[C@@H](O)[C@H](O[C@H]4O[C@H](CO)[C@@H](O)[C@H](O)[C@@H]4O[C@H]4O[C@H](CO)[C@@H](O)[C@H](O)[C@H]4O)[C@@H]3O)[C@H](O)[C@H]2NC(C)=O)[C@@H](CO)O[C@H]1O. The number of amides is 2. The first kappa shape index (κ1) is 96.2. The summed E-state index contributed by atoms with van der Waals surface area (Å²) in [4.78, 5) is 25.1. The highest BCUT2D eigenvalue weighted by molar-refractivity contribution is 5.73. The number of hydrogen-bond donors (Lipinski definition) is 32. The second-order valence-electron chi connectivity index (χ2n) is 29.5. The Labute approximate surface area is 660 Å². The number of nitrogens with one attached hydrogen (secondary N) is 2. The van der Waals surface area contributed by atoms with Crippen molar-refractivity contribution in [2.45, 2.75) is 321 Å². The first-order valence-corrected chi connectivity index (χ1v) is 37.2. The molecule has 117 heavy (non-hydrogen) atoms. The number of carbonyl (C=O) groups excluding carboxylic acids is 2. The van der Waals surface area contributed by atoms with Crippen molar-refractivity contribution in [3.63, 3.8) is 0 Å². The van der Waals surface area contributed by atoms with Crippen LogP contribution in [0.3, 0.4) is 0 Å². The fourth-order valence-corrected chi connectivity index (χ4v) is 15.0. The number of aliphatic hydroxyl groups excluding tert-OH is 30. The minimum atomic E-state index is -2.59. The summed E-state index contributed by atoms with van der Waals surface area (Å²) >= 11 is 0. The summed E-state index contributed by atoms with van der Waals surface area (Å²) in [5, 5.41) is 337. The molecule has 53 nitrogen and oxygen atoms in total. The molecule has 10 aliphatic rings. The van der Waals surface area contributed by atoms with E-state index in [2.05, 4.69) is 10.6 Å². The van der Waals surface area contributed by atoms with E-state index in [1.807, 2.05) is 0 Å². The molecule has 0 unspecified atom stereocenters. The van der Waals surface area contributed by atoms with Gasteiger partial charge in [-0.05, 0) is 0 Å². The van der Waals surface area contributed by atoms with Gasteiger partial charge in [-0.1, -0.05) is 0 Å². The third-order valence-corrected chi connectivity index (χ3v) is 21.7. The van der Waals surface area contributed by atoms with Crippen molar-refractivity contribution in [3.05, 3.63) is 0 Å². The Morgan fingerprint density at radius 3 is 0.829 bits per heavy atom. The molecule has 53 heteroatoms. The van der Waals surface area contributed by atoms with Crippen LogP contribution in [0.25, 0.3) is 0 Å². The van der Waals surface area contributed by atoms with Crippen LogP contribution in [0.1, 0.15) is 13.8 Å². The number of aliphatic hydroxyl groups is 30. The molecule has 0 saturated carbocycles. The predicted octanol–water partition coefficient (Wildman–Crippen LogP) is -22.5. The average molecular weight is 1720 g/mol. The lowest BCUT2D eigenvalue weighted by Crippen LogP contribution is -2.70. The summed E-state index contributed by atoms with van der Waals surface area (Å²) in [6.45, 7) is -9.28. The maximum Gasteiger partial charge on any atom is 0.217 e. The zero-order chi connectivity index (χ0) is 85.9. The van der Waals surface area contributed by atoms with Crippen LogP contribution in [0.15, 0.2) is 0 Å². The van der Waals surface area contributed by atoms with Gasteiger partial charge in [0.05, 0.1) is 66.1 Å². The largest absolute Gasteiger partial charge is 0.394 e. The fourth-order valence-electron chi connectivity index (χ4n) is 15.0. The van der Waals surface area contributed by atoms with Crippen LogP contribution in [-0.4, -0.2) is 538 Å². The van der Waals surface area contributed by atoms with E-state index in [-0.39, 0.29) is 0 Å². The number of ether oxygens (including phenoxy) is 19. The maximum absolute atomic E-state index is 13.0. The van der Waals surface area contributed by atoms with E-state index >= 15 is 0 Å². The monoisotopic (exact) mass is 1720 g/mol. The molecule has 0 aliphatic carbocycles. The van der Waals surface area contributed by atoms with E-state index < -0.39 is 385 Å². The summed E-state index contributed by atoms with van der Waals surface area (Å²) in [6.07, 6.45) is -104. The molecule has 680 valence electrons. The van der Waals surface area contributed by atoms with Gasteiger partial charge >= 0.3 is 0 Å². The Bertz CT molecular complexity index is 3050. The van der Waals surface area contributed by atoms with E-state index in [9.17, 15) is 163 Å². The van der Waals surface area contributed by atoms with E-state index in [0.717, 1.165) is 13.8 Å². The van der Waals surface area contributed by atoms with E-state index in [4.69, 9.17) is 90.0 Å². The lowest BCUT2D eigenvalue weighted by atomic mass is 9.94. The van der Waals surface area contributed by atoms with Crippen LogP contribution >= 0.6 is 0 Å². The Balaban J connectivity index is 0.995. The van der Waals surface area contributed by atoms with Gasteiger partial charge in [0.2, 0.25) is 11.8 Å². The second-order valence-corrected chi connectivity index (χ2v) is 29.5. The molecule has 0 spiro atoms. The standard InChI is InChI=1S/C64H108N2O51/c1-13(75)65-25-35(85)48(21(9-73)101-55(25)98)111-56-26(66-14(2)76)36(86)49(22(10-74)108-56)112-61-47(97)51(114-62-52(40(90)30(80)18(6-70)105-62)115-59-44(94)38(88)28(78)16(4-68)103-59)34(84)24(110-61)12-100-58-46(96)50(33(83)23(109-58)11-99-57-43(93)37(87)27(77)15(3-67)102-57)113-63-54(42(92)32(82)19(7-71)106-63)117-64-53(41(91)31(81)20(8-72)107-64)116-60-45(95)39(89)29(79)17(5-69)104-60/h15-64,67-74,77-98H,3-12H2,1-2H3,(H,65,75)(H,66,76)/t15-,16-,17-,18-,19-,20-,21-,22-,23-,24-,25-,26-,27-,28-,29-,30-,31-,32-,33-,34-,35-,36-,37+,38+,39+,40+,41+,42+,43+,44-,45+,46+,47+,48-,49-,50+,51+,52+,53+,54+,55-,56+,57+,58+,59-,60-,61+,62-,63-,64-/m1/s1. The average Bonchev–Trinajstić information content (AvgIpc) is 0.770. The molecule has 0 radical (unpaired) electrons. The summed E-state index contributed by atoms with van der Waals surface area (Å²) < 4.78 is 111. The molecule has 2 amide bonds.